The average Bonchev–Trinajstić information content (AvgIpc) is 2.89. The normalized spacial score (nSPS) is 33.5. The van der Waals surface area contributed by atoms with E-state index in [1.54, 1.807) is 0 Å². The Bertz CT molecular complexity index is 328. The zero-order valence-corrected chi connectivity index (χ0v) is 9.59. The summed E-state index contributed by atoms with van der Waals surface area (Å²) in [4.78, 5) is 6.42. The van der Waals surface area contributed by atoms with Gasteiger partial charge in [0.05, 0.1) is 6.54 Å². The van der Waals surface area contributed by atoms with Gasteiger partial charge in [-0.15, -0.1) is 0 Å². The first-order valence-corrected chi connectivity index (χ1v) is 6.03. The Hall–Kier alpha value is -0.940. The minimum Gasteiger partial charge on any atom is -0.338 e. The van der Waals surface area contributed by atoms with Gasteiger partial charge in [0.15, 0.2) is 6.33 Å². The predicted octanol–water partition coefficient (Wildman–Crippen LogP) is 0.784. The highest BCUT2D eigenvalue weighted by Gasteiger charge is 2.35. The molecule has 2 unspecified atom stereocenters. The van der Waals surface area contributed by atoms with Gasteiger partial charge in [0.2, 0.25) is 5.89 Å². The molecule has 88 valence electrons. The largest absolute Gasteiger partial charge is 0.338 e. The Morgan fingerprint density at radius 1 is 1.44 bits per heavy atom. The van der Waals surface area contributed by atoms with E-state index in [9.17, 15) is 0 Å². The first-order valence-electron chi connectivity index (χ1n) is 6.03. The zero-order valence-electron chi connectivity index (χ0n) is 9.59. The Morgan fingerprint density at radius 2 is 2.19 bits per heavy atom. The van der Waals surface area contributed by atoms with E-state index in [2.05, 4.69) is 27.4 Å². The van der Waals surface area contributed by atoms with E-state index in [1.807, 2.05) is 0 Å². The molecule has 0 aromatic carbocycles. The summed E-state index contributed by atoms with van der Waals surface area (Å²) in [5.74, 6) is 0.716. The number of fused-ring (bicyclic) bond motifs is 2. The Morgan fingerprint density at radius 3 is 2.81 bits per heavy atom. The smallest absolute Gasteiger partial charge is 0.240 e. The van der Waals surface area contributed by atoms with Crippen molar-refractivity contribution < 1.29 is 4.52 Å². The van der Waals surface area contributed by atoms with E-state index >= 15 is 0 Å². The third kappa shape index (κ3) is 1.97. The van der Waals surface area contributed by atoms with Crippen LogP contribution in [0.5, 0.6) is 0 Å². The summed E-state index contributed by atoms with van der Waals surface area (Å²) in [6.07, 6.45) is 6.66. The lowest BCUT2D eigenvalue weighted by atomic mass is 9.98. The summed E-state index contributed by atoms with van der Waals surface area (Å²) in [6, 6.07) is 2.12. The summed E-state index contributed by atoms with van der Waals surface area (Å²) in [5.41, 5.74) is 0. The molecule has 0 aliphatic carbocycles. The molecule has 2 atom stereocenters. The molecular weight excluding hydrogens is 204 g/mol. The van der Waals surface area contributed by atoms with Crippen LogP contribution in [0, 0.1) is 0 Å². The molecular formula is C11H18N4O. The number of hydrogen-bond acceptors (Lipinski definition) is 5. The van der Waals surface area contributed by atoms with Crippen LogP contribution in [0.25, 0.3) is 0 Å². The first-order chi connectivity index (χ1) is 7.81. The molecule has 2 saturated heterocycles. The van der Waals surface area contributed by atoms with Gasteiger partial charge in [-0.3, -0.25) is 4.90 Å². The molecule has 2 aliphatic heterocycles. The molecule has 5 nitrogen and oxygen atoms in total. The standard InChI is InChI=1S/C11H18N4O/c1-15(6-11-12-7-13-16-11)10-4-8-2-3-9(5-10)14-8/h7-10,14H,2-6H2,1H3. The maximum Gasteiger partial charge on any atom is 0.240 e. The van der Waals surface area contributed by atoms with Gasteiger partial charge in [-0.2, -0.15) is 4.98 Å². The molecule has 3 rings (SSSR count). The van der Waals surface area contributed by atoms with Crippen molar-refractivity contribution in [3.63, 3.8) is 0 Å². The minimum absolute atomic E-state index is 0.658. The fourth-order valence-corrected chi connectivity index (χ4v) is 3.00. The summed E-state index contributed by atoms with van der Waals surface area (Å²) >= 11 is 0. The average molecular weight is 222 g/mol. The minimum atomic E-state index is 0.658. The van der Waals surface area contributed by atoms with Crippen molar-refractivity contribution in [2.24, 2.45) is 0 Å². The number of nitrogens with zero attached hydrogens (tertiary/aromatic N) is 3. The van der Waals surface area contributed by atoms with Crippen molar-refractivity contribution in [3.05, 3.63) is 12.2 Å². The van der Waals surface area contributed by atoms with E-state index < -0.39 is 0 Å². The third-order valence-electron chi connectivity index (χ3n) is 3.86. The SMILES string of the molecule is CN(Cc1ncno1)C1CC2CCC(C1)N2. The van der Waals surface area contributed by atoms with E-state index in [4.69, 9.17) is 4.52 Å². The van der Waals surface area contributed by atoms with Crippen LogP contribution in [-0.4, -0.2) is 40.2 Å². The van der Waals surface area contributed by atoms with Gasteiger partial charge in [-0.1, -0.05) is 5.16 Å². The fraction of sp³-hybridized carbons (Fsp3) is 0.818. The highest BCUT2D eigenvalue weighted by Crippen LogP contribution is 2.29. The second kappa shape index (κ2) is 4.14. The van der Waals surface area contributed by atoms with Crippen LogP contribution in [-0.2, 0) is 6.54 Å². The second-order valence-corrected chi connectivity index (χ2v) is 5.01. The van der Waals surface area contributed by atoms with Crippen LogP contribution < -0.4 is 5.32 Å². The van der Waals surface area contributed by atoms with E-state index in [-0.39, 0.29) is 0 Å². The molecule has 3 heterocycles. The topological polar surface area (TPSA) is 54.2 Å². The van der Waals surface area contributed by atoms with Crippen molar-refractivity contribution >= 4 is 0 Å². The van der Waals surface area contributed by atoms with E-state index in [0.29, 0.717) is 11.9 Å². The number of aromatic nitrogens is 2. The van der Waals surface area contributed by atoms with Gasteiger partial charge >= 0.3 is 0 Å². The molecule has 1 N–H and O–H groups in total. The van der Waals surface area contributed by atoms with Crippen LogP contribution in [0.3, 0.4) is 0 Å². The number of piperidine rings is 1. The van der Waals surface area contributed by atoms with E-state index in [1.165, 1.54) is 32.0 Å². The summed E-state index contributed by atoms with van der Waals surface area (Å²) in [7, 11) is 2.15. The van der Waals surface area contributed by atoms with Crippen LogP contribution in [0.2, 0.25) is 0 Å². The molecule has 5 heteroatoms. The van der Waals surface area contributed by atoms with Crippen molar-refractivity contribution in [2.45, 2.75) is 50.4 Å². The van der Waals surface area contributed by atoms with Crippen LogP contribution in [0.1, 0.15) is 31.6 Å². The van der Waals surface area contributed by atoms with Gasteiger partial charge in [-0.25, -0.2) is 0 Å². The lowest BCUT2D eigenvalue weighted by molar-refractivity contribution is 0.150. The zero-order chi connectivity index (χ0) is 11.0. The Labute approximate surface area is 95.2 Å². The highest BCUT2D eigenvalue weighted by molar-refractivity contribution is 4.95. The van der Waals surface area contributed by atoms with Crippen molar-refractivity contribution in [3.8, 4) is 0 Å². The number of nitrogens with one attached hydrogen (secondary N) is 1. The monoisotopic (exact) mass is 222 g/mol. The highest BCUT2D eigenvalue weighted by atomic mass is 16.5. The van der Waals surface area contributed by atoms with Crippen LogP contribution in [0.4, 0.5) is 0 Å². The molecule has 0 radical (unpaired) electrons. The number of rotatable bonds is 3. The molecule has 2 bridgehead atoms. The lowest BCUT2D eigenvalue weighted by Gasteiger charge is -2.34. The third-order valence-corrected chi connectivity index (χ3v) is 3.86. The summed E-state index contributed by atoms with van der Waals surface area (Å²) in [6.45, 7) is 0.768. The lowest BCUT2D eigenvalue weighted by Crippen LogP contribution is -2.46. The Balaban J connectivity index is 1.60. The molecule has 0 saturated carbocycles. The van der Waals surface area contributed by atoms with Crippen molar-refractivity contribution in [1.82, 2.24) is 20.4 Å². The van der Waals surface area contributed by atoms with Crippen molar-refractivity contribution in [2.75, 3.05) is 7.05 Å². The quantitative estimate of drug-likeness (QED) is 0.819. The first kappa shape index (κ1) is 10.2. The maximum absolute atomic E-state index is 5.05. The molecule has 1 aromatic heterocycles. The maximum atomic E-state index is 5.05. The molecule has 0 spiro atoms. The van der Waals surface area contributed by atoms with Gasteiger partial charge in [0.25, 0.3) is 0 Å². The second-order valence-electron chi connectivity index (χ2n) is 5.01. The molecule has 1 aromatic rings. The van der Waals surface area contributed by atoms with Crippen LogP contribution in [0.15, 0.2) is 10.9 Å². The van der Waals surface area contributed by atoms with E-state index in [0.717, 1.165) is 18.6 Å². The Kier molecular flexibility index (Phi) is 2.65. The molecule has 2 fully saturated rings. The summed E-state index contributed by atoms with van der Waals surface area (Å²) in [5, 5.41) is 7.29. The van der Waals surface area contributed by atoms with Crippen LogP contribution >= 0.6 is 0 Å². The number of hydrogen-bond donors (Lipinski definition) is 1. The molecule has 16 heavy (non-hydrogen) atoms. The van der Waals surface area contributed by atoms with Crippen molar-refractivity contribution in [1.29, 1.82) is 0 Å². The predicted molar refractivity (Wildman–Crippen MR) is 58.7 cm³/mol. The van der Waals surface area contributed by atoms with Gasteiger partial charge in [-0.05, 0) is 32.7 Å². The fourth-order valence-electron chi connectivity index (χ4n) is 3.00. The van der Waals surface area contributed by atoms with Gasteiger partial charge < -0.3 is 9.84 Å². The molecule has 0 amide bonds. The van der Waals surface area contributed by atoms with Gasteiger partial charge in [0.1, 0.15) is 0 Å². The molecule has 2 aliphatic rings. The summed E-state index contributed by atoms with van der Waals surface area (Å²) < 4.78 is 5.05. The van der Waals surface area contributed by atoms with Gasteiger partial charge in [0, 0.05) is 18.1 Å².